The van der Waals surface area contributed by atoms with Gasteiger partial charge < -0.3 is 0 Å². The largest absolute Gasteiger partial charge is 0.0619 e. The van der Waals surface area contributed by atoms with Gasteiger partial charge in [0.15, 0.2) is 0 Å². The van der Waals surface area contributed by atoms with Crippen molar-refractivity contribution in [1.82, 2.24) is 0 Å². The molecule has 0 nitrogen and oxygen atoms in total. The van der Waals surface area contributed by atoms with Gasteiger partial charge in [-0.15, -0.1) is 0 Å². The highest BCUT2D eigenvalue weighted by atomic mass is 14.3. The minimum atomic E-state index is 0.845. The molecule has 0 spiro atoms. The first-order valence-electron chi connectivity index (χ1n) is 4.93. The van der Waals surface area contributed by atoms with Gasteiger partial charge in [-0.3, -0.25) is 0 Å². The maximum absolute atomic E-state index is 2.28. The molecule has 1 fully saturated rings. The highest BCUT2D eigenvalue weighted by Crippen LogP contribution is 2.44. The third-order valence-electron chi connectivity index (χ3n) is 2.84. The summed E-state index contributed by atoms with van der Waals surface area (Å²) in [6.07, 6.45) is 2.76. The van der Waals surface area contributed by atoms with Crippen molar-refractivity contribution in [3.8, 4) is 11.1 Å². The van der Waals surface area contributed by atoms with E-state index < -0.39 is 0 Å². The number of rotatable bonds is 1. The van der Waals surface area contributed by atoms with E-state index in [0.29, 0.717) is 0 Å². The van der Waals surface area contributed by atoms with Gasteiger partial charge in [-0.2, -0.15) is 0 Å². The van der Waals surface area contributed by atoms with Crippen LogP contribution in [0, 0.1) is 0 Å². The molecule has 0 aliphatic heterocycles. The second-order valence-corrected chi connectivity index (χ2v) is 3.84. The molecular formula is C13H12. The van der Waals surface area contributed by atoms with Crippen molar-refractivity contribution in [2.75, 3.05) is 0 Å². The minimum Gasteiger partial charge on any atom is -0.0619 e. The van der Waals surface area contributed by atoms with Crippen molar-refractivity contribution in [3.63, 3.8) is 0 Å². The Hall–Kier alpha value is -1.30. The van der Waals surface area contributed by atoms with Gasteiger partial charge in [-0.1, -0.05) is 42.5 Å². The Morgan fingerprint density at radius 2 is 1.62 bits per heavy atom. The average Bonchev–Trinajstić information content (AvgIpc) is 2.90. The summed E-state index contributed by atoms with van der Waals surface area (Å²) in [7, 11) is 0. The van der Waals surface area contributed by atoms with Crippen molar-refractivity contribution in [2.24, 2.45) is 0 Å². The van der Waals surface area contributed by atoms with Crippen LogP contribution in [0.3, 0.4) is 0 Å². The Morgan fingerprint density at radius 3 is 2.46 bits per heavy atom. The Bertz CT molecular complexity index is 399. The van der Waals surface area contributed by atoms with E-state index in [9.17, 15) is 0 Å². The van der Waals surface area contributed by atoms with Crippen LogP contribution in [0.1, 0.15) is 24.3 Å². The molecule has 0 aromatic carbocycles. The Labute approximate surface area is 78.6 Å². The maximum atomic E-state index is 2.28. The van der Waals surface area contributed by atoms with Crippen LogP contribution in [0.2, 0.25) is 0 Å². The quantitative estimate of drug-likeness (QED) is 0.609. The molecule has 0 heteroatoms. The molecule has 1 saturated carbocycles. The lowest BCUT2D eigenvalue weighted by molar-refractivity contribution is 1.14. The molecule has 0 bridgehead atoms. The molecule has 0 aromatic rings. The van der Waals surface area contributed by atoms with Crippen LogP contribution >= 0.6 is 0 Å². The Balaban J connectivity index is 2.25. The normalized spacial score (nSPS) is 16.3. The van der Waals surface area contributed by atoms with Gasteiger partial charge in [-0.25, -0.2) is 0 Å². The van der Waals surface area contributed by atoms with Gasteiger partial charge in [-0.05, 0) is 35.4 Å². The van der Waals surface area contributed by atoms with E-state index in [4.69, 9.17) is 0 Å². The van der Waals surface area contributed by atoms with E-state index in [1.54, 1.807) is 5.56 Å². The van der Waals surface area contributed by atoms with Crippen molar-refractivity contribution < 1.29 is 0 Å². The summed E-state index contributed by atoms with van der Waals surface area (Å²) in [5, 5.41) is 0. The SMILES string of the molecule is c1ccc(C2CC2)c2cccc-2c1. The number of fused-ring (bicyclic) bond motifs is 1. The molecule has 3 rings (SSSR count). The summed E-state index contributed by atoms with van der Waals surface area (Å²) < 4.78 is 0. The molecule has 0 N–H and O–H groups in total. The topological polar surface area (TPSA) is 0 Å². The zero-order valence-electron chi connectivity index (χ0n) is 7.53. The molecule has 64 valence electrons. The molecule has 13 heavy (non-hydrogen) atoms. The summed E-state index contributed by atoms with van der Waals surface area (Å²) in [4.78, 5) is 0. The molecule has 3 aliphatic rings. The fraction of sp³-hybridized carbons (Fsp3) is 0.231. The van der Waals surface area contributed by atoms with Gasteiger partial charge in [0.1, 0.15) is 0 Å². The van der Waals surface area contributed by atoms with Crippen molar-refractivity contribution >= 4 is 0 Å². The zero-order chi connectivity index (χ0) is 8.67. The van der Waals surface area contributed by atoms with Crippen LogP contribution in [-0.4, -0.2) is 0 Å². The van der Waals surface area contributed by atoms with E-state index in [1.165, 1.54) is 24.0 Å². The monoisotopic (exact) mass is 168 g/mol. The maximum Gasteiger partial charge on any atom is -0.0149 e. The van der Waals surface area contributed by atoms with E-state index in [1.807, 2.05) is 0 Å². The first-order chi connectivity index (χ1) is 6.45. The summed E-state index contributed by atoms with van der Waals surface area (Å²) in [6.45, 7) is 0. The molecule has 3 aliphatic carbocycles. The van der Waals surface area contributed by atoms with Gasteiger partial charge in [0, 0.05) is 0 Å². The lowest BCUT2D eigenvalue weighted by atomic mass is 10.0. The minimum absolute atomic E-state index is 0.845. The van der Waals surface area contributed by atoms with E-state index in [0.717, 1.165) is 5.92 Å². The third-order valence-corrected chi connectivity index (χ3v) is 2.84. The van der Waals surface area contributed by atoms with Crippen LogP contribution in [0.4, 0.5) is 0 Å². The van der Waals surface area contributed by atoms with Crippen LogP contribution < -0.4 is 0 Å². The second kappa shape index (κ2) is 2.59. The number of hydrogen-bond acceptors (Lipinski definition) is 0. The first kappa shape index (κ1) is 7.14. The third kappa shape index (κ3) is 1.14. The molecule has 0 unspecified atom stereocenters. The summed E-state index contributed by atoms with van der Waals surface area (Å²) in [5.74, 6) is 0.845. The first-order valence-corrected chi connectivity index (χ1v) is 4.93. The van der Waals surface area contributed by atoms with Gasteiger partial charge in [0.25, 0.3) is 0 Å². The Morgan fingerprint density at radius 1 is 0.846 bits per heavy atom. The molecule has 0 amide bonds. The molecule has 0 radical (unpaired) electrons. The molecular weight excluding hydrogens is 156 g/mol. The fourth-order valence-corrected chi connectivity index (χ4v) is 2.00. The smallest absolute Gasteiger partial charge is 0.0149 e. The summed E-state index contributed by atoms with van der Waals surface area (Å²) in [6, 6.07) is 15.4. The van der Waals surface area contributed by atoms with Gasteiger partial charge >= 0.3 is 0 Å². The number of hydrogen-bond donors (Lipinski definition) is 0. The zero-order valence-corrected chi connectivity index (χ0v) is 7.53. The van der Waals surface area contributed by atoms with Crippen LogP contribution in [0.5, 0.6) is 0 Å². The van der Waals surface area contributed by atoms with Crippen molar-refractivity contribution in [2.45, 2.75) is 18.8 Å². The lowest BCUT2D eigenvalue weighted by Crippen LogP contribution is -1.78. The average molecular weight is 168 g/mol. The van der Waals surface area contributed by atoms with E-state index >= 15 is 0 Å². The highest BCUT2D eigenvalue weighted by molar-refractivity contribution is 5.70. The van der Waals surface area contributed by atoms with Crippen molar-refractivity contribution in [3.05, 3.63) is 48.0 Å². The highest BCUT2D eigenvalue weighted by Gasteiger charge is 2.25. The predicted molar refractivity (Wildman–Crippen MR) is 55.0 cm³/mol. The van der Waals surface area contributed by atoms with Gasteiger partial charge in [0.05, 0.1) is 0 Å². The Kier molecular flexibility index (Phi) is 1.42. The predicted octanol–water partition coefficient (Wildman–Crippen LogP) is 3.67. The lowest BCUT2D eigenvalue weighted by Gasteiger charge is -2.00. The molecule has 0 heterocycles. The van der Waals surface area contributed by atoms with Gasteiger partial charge in [0.2, 0.25) is 0 Å². The van der Waals surface area contributed by atoms with Crippen LogP contribution in [-0.2, 0) is 0 Å². The standard InChI is InChI=1S/C13H12/c1-2-6-12(11-8-9-11)13-7-3-5-10(13)4-1/h1-7,11H,8-9H2. The summed E-state index contributed by atoms with van der Waals surface area (Å²) >= 11 is 0. The van der Waals surface area contributed by atoms with E-state index in [-0.39, 0.29) is 0 Å². The molecule has 0 atom stereocenters. The van der Waals surface area contributed by atoms with Crippen LogP contribution in [0.25, 0.3) is 11.1 Å². The molecule has 0 saturated heterocycles. The summed E-state index contributed by atoms with van der Waals surface area (Å²) in [5.41, 5.74) is 4.38. The second-order valence-electron chi connectivity index (χ2n) is 3.84. The van der Waals surface area contributed by atoms with E-state index in [2.05, 4.69) is 42.5 Å². The molecule has 0 aromatic heterocycles. The van der Waals surface area contributed by atoms with Crippen molar-refractivity contribution in [1.29, 1.82) is 0 Å². The van der Waals surface area contributed by atoms with Crippen LogP contribution in [0.15, 0.2) is 42.5 Å². The fourth-order valence-electron chi connectivity index (χ4n) is 2.00.